The van der Waals surface area contributed by atoms with E-state index in [1.807, 2.05) is 12.1 Å². The van der Waals surface area contributed by atoms with Gasteiger partial charge in [-0.1, -0.05) is 22.9 Å². The number of fused-ring (bicyclic) bond motifs is 1. The number of phenols is 1. The highest BCUT2D eigenvalue weighted by Crippen LogP contribution is 2.35. The molecule has 0 aliphatic rings. The van der Waals surface area contributed by atoms with Crippen LogP contribution in [0.3, 0.4) is 0 Å². The summed E-state index contributed by atoms with van der Waals surface area (Å²) in [5, 5.41) is 10.8. The molecule has 2 aromatic heterocycles. The molecule has 0 bridgehead atoms. The van der Waals surface area contributed by atoms with Gasteiger partial charge < -0.3 is 5.11 Å². The maximum absolute atomic E-state index is 9.48. The molecule has 0 fully saturated rings. The van der Waals surface area contributed by atoms with Crippen LogP contribution in [0.4, 0.5) is 0 Å². The van der Waals surface area contributed by atoms with Crippen molar-refractivity contribution in [3.63, 3.8) is 0 Å². The van der Waals surface area contributed by atoms with Crippen molar-refractivity contribution in [2.24, 2.45) is 0 Å². The zero-order valence-electron chi connectivity index (χ0n) is 8.59. The number of aromatic hydroxyl groups is 1. The van der Waals surface area contributed by atoms with Gasteiger partial charge in [0.15, 0.2) is 0 Å². The molecular weight excluding hydrogens is 256 g/mol. The number of hydrogen-bond acceptors (Lipinski definition) is 4. The molecule has 3 nitrogen and oxygen atoms in total. The van der Waals surface area contributed by atoms with E-state index in [-0.39, 0.29) is 5.75 Å². The summed E-state index contributed by atoms with van der Waals surface area (Å²) in [5.41, 5.74) is 1.57. The zero-order valence-corrected chi connectivity index (χ0v) is 10.2. The molecule has 0 radical (unpaired) electrons. The highest BCUT2D eigenvalue weighted by atomic mass is 35.5. The Balaban J connectivity index is 2.23. The summed E-state index contributed by atoms with van der Waals surface area (Å²) in [6.45, 7) is 0. The van der Waals surface area contributed by atoms with Crippen LogP contribution >= 0.6 is 22.9 Å². The number of pyridine rings is 1. The van der Waals surface area contributed by atoms with Crippen LogP contribution in [-0.4, -0.2) is 15.1 Å². The van der Waals surface area contributed by atoms with Crippen LogP contribution in [0, 0.1) is 0 Å². The molecule has 0 spiro atoms. The molecule has 0 aliphatic carbocycles. The Bertz CT molecular complexity index is 663. The van der Waals surface area contributed by atoms with Crippen LogP contribution in [0.1, 0.15) is 0 Å². The minimum Gasteiger partial charge on any atom is -0.508 e. The van der Waals surface area contributed by atoms with Gasteiger partial charge in [0.25, 0.3) is 0 Å². The lowest BCUT2D eigenvalue weighted by Gasteiger charge is -2.00. The van der Waals surface area contributed by atoms with E-state index < -0.39 is 0 Å². The maximum atomic E-state index is 9.48. The third-order valence-electron chi connectivity index (χ3n) is 2.35. The van der Waals surface area contributed by atoms with Crippen molar-refractivity contribution in [1.82, 2.24) is 9.97 Å². The van der Waals surface area contributed by atoms with Gasteiger partial charge in [0.05, 0.1) is 5.02 Å². The van der Waals surface area contributed by atoms with Crippen molar-refractivity contribution < 1.29 is 5.11 Å². The first-order valence-electron chi connectivity index (χ1n) is 4.94. The summed E-state index contributed by atoms with van der Waals surface area (Å²) in [5.74, 6) is 0.177. The number of nitrogens with zero attached hydrogens (tertiary/aromatic N) is 2. The number of aromatic nitrogens is 2. The molecular formula is C12H7ClN2OS. The Kier molecular flexibility index (Phi) is 2.46. The second-order valence-corrected chi connectivity index (χ2v) is 4.90. The largest absolute Gasteiger partial charge is 0.508 e. The summed E-state index contributed by atoms with van der Waals surface area (Å²) in [7, 11) is 0. The summed E-state index contributed by atoms with van der Waals surface area (Å²) in [4.78, 5) is 9.54. The van der Waals surface area contributed by atoms with Crippen LogP contribution in [0.25, 0.3) is 20.9 Å². The number of rotatable bonds is 1. The number of benzene rings is 1. The zero-order chi connectivity index (χ0) is 11.8. The van der Waals surface area contributed by atoms with E-state index in [0.29, 0.717) is 5.02 Å². The standard InChI is InChI=1S/C12H7ClN2OS/c13-9-4-3-7(16)6-8(9)11-15-10-2-1-5-14-12(10)17-11/h1-6,16H. The molecule has 17 heavy (non-hydrogen) atoms. The first-order valence-corrected chi connectivity index (χ1v) is 6.14. The molecule has 3 rings (SSSR count). The number of thiazole rings is 1. The molecule has 0 saturated carbocycles. The fourth-order valence-electron chi connectivity index (χ4n) is 1.56. The van der Waals surface area contributed by atoms with Gasteiger partial charge in [0.1, 0.15) is 21.1 Å². The van der Waals surface area contributed by atoms with Gasteiger partial charge in [-0.3, -0.25) is 0 Å². The van der Waals surface area contributed by atoms with E-state index >= 15 is 0 Å². The monoisotopic (exact) mass is 262 g/mol. The second kappa shape index (κ2) is 3.98. The van der Waals surface area contributed by atoms with Crippen molar-refractivity contribution in [2.75, 3.05) is 0 Å². The molecule has 0 saturated heterocycles. The number of halogens is 1. The highest BCUT2D eigenvalue weighted by Gasteiger charge is 2.10. The average Bonchev–Trinajstić information content (AvgIpc) is 2.75. The van der Waals surface area contributed by atoms with Gasteiger partial charge in [-0.15, -0.1) is 0 Å². The lowest BCUT2D eigenvalue weighted by atomic mass is 10.2. The van der Waals surface area contributed by atoms with Gasteiger partial charge >= 0.3 is 0 Å². The Hall–Kier alpha value is -1.65. The van der Waals surface area contributed by atoms with Crippen LogP contribution in [0.2, 0.25) is 5.02 Å². The summed E-state index contributed by atoms with van der Waals surface area (Å²) in [6, 6.07) is 8.57. The van der Waals surface area contributed by atoms with E-state index in [2.05, 4.69) is 9.97 Å². The van der Waals surface area contributed by atoms with Gasteiger partial charge in [-0.2, -0.15) is 0 Å². The van der Waals surface area contributed by atoms with Crippen LogP contribution in [0.5, 0.6) is 5.75 Å². The first-order chi connectivity index (χ1) is 8.24. The molecule has 5 heteroatoms. The van der Waals surface area contributed by atoms with Crippen molar-refractivity contribution in [2.45, 2.75) is 0 Å². The minimum absolute atomic E-state index is 0.177. The lowest BCUT2D eigenvalue weighted by Crippen LogP contribution is -1.78. The topological polar surface area (TPSA) is 46.0 Å². The molecule has 0 aliphatic heterocycles. The van der Waals surface area contributed by atoms with Crippen molar-refractivity contribution >= 4 is 33.3 Å². The average molecular weight is 263 g/mol. The molecule has 2 heterocycles. The Morgan fingerprint density at radius 1 is 1.24 bits per heavy atom. The fourth-order valence-corrected chi connectivity index (χ4v) is 2.76. The van der Waals surface area contributed by atoms with E-state index in [0.717, 1.165) is 20.9 Å². The first kappa shape index (κ1) is 10.5. The van der Waals surface area contributed by atoms with Gasteiger partial charge in [0, 0.05) is 11.8 Å². The van der Waals surface area contributed by atoms with Crippen molar-refractivity contribution in [3.05, 3.63) is 41.6 Å². The summed E-state index contributed by atoms with van der Waals surface area (Å²) >= 11 is 7.55. The van der Waals surface area contributed by atoms with Gasteiger partial charge in [-0.25, -0.2) is 9.97 Å². The smallest absolute Gasteiger partial charge is 0.143 e. The summed E-state index contributed by atoms with van der Waals surface area (Å²) < 4.78 is 0. The molecule has 0 amide bonds. The normalized spacial score (nSPS) is 10.9. The second-order valence-electron chi connectivity index (χ2n) is 3.51. The Labute approximate surface area is 106 Å². The Morgan fingerprint density at radius 3 is 2.94 bits per heavy atom. The molecule has 0 atom stereocenters. The minimum atomic E-state index is 0.177. The molecule has 1 N–H and O–H groups in total. The van der Waals surface area contributed by atoms with E-state index in [1.54, 1.807) is 24.4 Å². The number of hydrogen-bond donors (Lipinski definition) is 1. The highest BCUT2D eigenvalue weighted by molar-refractivity contribution is 7.21. The lowest BCUT2D eigenvalue weighted by molar-refractivity contribution is 0.475. The predicted octanol–water partition coefficient (Wildman–Crippen LogP) is 3.72. The number of phenolic OH excluding ortho intramolecular Hbond substituents is 1. The third kappa shape index (κ3) is 1.85. The predicted molar refractivity (Wildman–Crippen MR) is 69.5 cm³/mol. The third-order valence-corrected chi connectivity index (χ3v) is 3.69. The quantitative estimate of drug-likeness (QED) is 0.727. The SMILES string of the molecule is Oc1ccc(Cl)c(-c2nc3cccnc3s2)c1. The molecule has 3 aromatic rings. The van der Waals surface area contributed by atoms with Crippen LogP contribution in [0.15, 0.2) is 36.5 Å². The van der Waals surface area contributed by atoms with Crippen molar-refractivity contribution in [3.8, 4) is 16.3 Å². The molecule has 84 valence electrons. The van der Waals surface area contributed by atoms with Crippen molar-refractivity contribution in [1.29, 1.82) is 0 Å². The van der Waals surface area contributed by atoms with E-state index in [1.165, 1.54) is 11.3 Å². The van der Waals surface area contributed by atoms with E-state index in [4.69, 9.17) is 11.6 Å². The Morgan fingerprint density at radius 2 is 2.12 bits per heavy atom. The maximum Gasteiger partial charge on any atom is 0.143 e. The van der Waals surface area contributed by atoms with E-state index in [9.17, 15) is 5.11 Å². The van der Waals surface area contributed by atoms with Crippen LogP contribution in [-0.2, 0) is 0 Å². The fraction of sp³-hybridized carbons (Fsp3) is 0. The van der Waals surface area contributed by atoms with Gasteiger partial charge in [-0.05, 0) is 30.3 Å². The summed E-state index contributed by atoms with van der Waals surface area (Å²) in [6.07, 6.45) is 1.73. The molecule has 0 unspecified atom stereocenters. The van der Waals surface area contributed by atoms with Gasteiger partial charge in [0.2, 0.25) is 0 Å². The molecule has 1 aromatic carbocycles. The van der Waals surface area contributed by atoms with Crippen LogP contribution < -0.4 is 0 Å².